The molecule has 1 atom stereocenters. The number of aliphatic imine (C=N–C) groups is 1. The summed E-state index contributed by atoms with van der Waals surface area (Å²) in [5.41, 5.74) is 6.73. The number of hydrogen-bond donors (Lipinski definition) is 2. The number of rotatable bonds is 4. The normalized spacial score (nSPS) is 21.2. The van der Waals surface area contributed by atoms with E-state index in [2.05, 4.69) is 26.5 Å². The summed E-state index contributed by atoms with van der Waals surface area (Å²) in [7, 11) is 0. The van der Waals surface area contributed by atoms with Gasteiger partial charge in [-0.15, -0.1) is 0 Å². The molecule has 9 nitrogen and oxygen atoms in total. The molecule has 25 heavy (non-hydrogen) atoms. The third kappa shape index (κ3) is 4.23. The zero-order valence-corrected chi connectivity index (χ0v) is 13.7. The molecule has 0 aromatic carbocycles. The highest BCUT2D eigenvalue weighted by Gasteiger charge is 2.33. The zero-order chi connectivity index (χ0) is 17.6. The number of aromatic nitrogens is 2. The van der Waals surface area contributed by atoms with Crippen LogP contribution in [0.2, 0.25) is 0 Å². The van der Waals surface area contributed by atoms with Crippen LogP contribution in [0.5, 0.6) is 0 Å². The number of hydrogen-bond acceptors (Lipinski definition) is 7. The first-order valence-electron chi connectivity index (χ1n) is 8.11. The Bertz CT molecular complexity index is 705. The monoisotopic (exact) mass is 340 g/mol. The average molecular weight is 340 g/mol. The van der Waals surface area contributed by atoms with E-state index in [0.29, 0.717) is 37.7 Å². The molecule has 1 aromatic heterocycles. The first-order valence-corrected chi connectivity index (χ1v) is 8.11. The topological polar surface area (TPSA) is 124 Å². The van der Waals surface area contributed by atoms with Gasteiger partial charge in [0.1, 0.15) is 0 Å². The van der Waals surface area contributed by atoms with Gasteiger partial charge in [-0.25, -0.2) is 14.8 Å². The minimum atomic E-state index is -0.0953. The number of urea groups is 1. The van der Waals surface area contributed by atoms with Gasteiger partial charge in [0.25, 0.3) is 0 Å². The first kappa shape index (κ1) is 16.7. The number of nitriles is 1. The van der Waals surface area contributed by atoms with Crippen LogP contribution in [0.1, 0.15) is 6.42 Å². The largest absolute Gasteiger partial charge is 0.402 e. The van der Waals surface area contributed by atoms with E-state index in [0.717, 1.165) is 6.42 Å². The number of allylic oxidation sites excluding steroid dienone is 1. The Morgan fingerprint density at radius 1 is 1.44 bits per heavy atom. The quantitative estimate of drug-likeness (QED) is 0.597. The van der Waals surface area contributed by atoms with Gasteiger partial charge in [-0.3, -0.25) is 4.98 Å². The molecule has 9 heteroatoms. The third-order valence-electron chi connectivity index (χ3n) is 4.32. The number of likely N-dealkylation sites (tertiary alicyclic amines) is 2. The van der Waals surface area contributed by atoms with Crippen LogP contribution < -0.4 is 11.1 Å². The summed E-state index contributed by atoms with van der Waals surface area (Å²) in [5, 5.41) is 11.8. The second-order valence-electron chi connectivity index (χ2n) is 6.09. The Balaban J connectivity index is 1.42. The molecule has 2 aliphatic rings. The average Bonchev–Trinajstić information content (AvgIpc) is 3.02. The van der Waals surface area contributed by atoms with Crippen LogP contribution in [0.25, 0.3) is 0 Å². The van der Waals surface area contributed by atoms with Crippen LogP contribution in [0.3, 0.4) is 0 Å². The maximum Gasteiger partial charge on any atom is 0.317 e. The van der Waals surface area contributed by atoms with Gasteiger partial charge < -0.3 is 20.9 Å². The van der Waals surface area contributed by atoms with Crippen LogP contribution in [-0.2, 0) is 0 Å². The molecule has 2 amide bonds. The lowest BCUT2D eigenvalue weighted by Crippen LogP contribution is -2.56. The molecule has 0 bridgehead atoms. The molecule has 3 heterocycles. The molecule has 0 spiro atoms. The Hall–Kier alpha value is -3.15. The van der Waals surface area contributed by atoms with Crippen molar-refractivity contribution in [2.24, 2.45) is 16.6 Å². The molecule has 1 aromatic rings. The summed E-state index contributed by atoms with van der Waals surface area (Å²) in [6.45, 7) is 2.45. The van der Waals surface area contributed by atoms with Crippen molar-refractivity contribution < 1.29 is 4.79 Å². The second kappa shape index (κ2) is 7.61. The molecule has 0 aliphatic carbocycles. The summed E-state index contributed by atoms with van der Waals surface area (Å²) >= 11 is 0. The molecule has 3 rings (SSSR count). The maximum absolute atomic E-state index is 12.2. The number of carbonyl (C=O) groups is 1. The zero-order valence-electron chi connectivity index (χ0n) is 13.7. The lowest BCUT2D eigenvalue weighted by atomic mass is 9.97. The van der Waals surface area contributed by atoms with Gasteiger partial charge in [0.15, 0.2) is 12.0 Å². The minimum absolute atomic E-state index is 0.0400. The second-order valence-corrected chi connectivity index (χ2v) is 6.09. The Kier molecular flexibility index (Phi) is 5.09. The van der Waals surface area contributed by atoms with Gasteiger partial charge in [-0.1, -0.05) is 0 Å². The summed E-state index contributed by atoms with van der Waals surface area (Å²) < 4.78 is 0. The predicted octanol–water partition coefficient (Wildman–Crippen LogP) is 0.218. The van der Waals surface area contributed by atoms with Gasteiger partial charge in [0.05, 0.1) is 12.2 Å². The summed E-state index contributed by atoms with van der Waals surface area (Å²) in [6, 6.07) is -0.0553. The van der Waals surface area contributed by atoms with Crippen LogP contribution in [0.15, 0.2) is 35.4 Å². The van der Waals surface area contributed by atoms with Crippen molar-refractivity contribution in [3.8, 4) is 6.19 Å². The molecule has 0 unspecified atom stereocenters. The van der Waals surface area contributed by atoms with E-state index in [4.69, 9.17) is 11.0 Å². The van der Waals surface area contributed by atoms with E-state index in [1.165, 1.54) is 0 Å². The van der Waals surface area contributed by atoms with Gasteiger partial charge >= 0.3 is 6.03 Å². The highest BCUT2D eigenvalue weighted by molar-refractivity contribution is 5.77. The standard InChI is InChI=1S/C16H20N8O/c17-11-23-6-2-13(10-23)22-16(25)24-8-12(9-24)14(18)1-3-20-15-7-19-4-5-21-15/h1,3-5,7,12-13H,2,6,8-10,18H2,(H,22,25)/t13-/m1/s1. The van der Waals surface area contributed by atoms with Crippen LogP contribution in [0, 0.1) is 17.4 Å². The van der Waals surface area contributed by atoms with Crippen LogP contribution in [-0.4, -0.2) is 64.2 Å². The van der Waals surface area contributed by atoms with Crippen LogP contribution in [0.4, 0.5) is 10.6 Å². The SMILES string of the molecule is N#CN1CC[C@@H](NC(=O)N2CC(C(N)=CC=Nc3cnccn3)C2)C1. The van der Waals surface area contributed by atoms with E-state index in [-0.39, 0.29) is 18.0 Å². The highest BCUT2D eigenvalue weighted by Crippen LogP contribution is 2.21. The number of nitrogens with zero attached hydrogens (tertiary/aromatic N) is 6. The number of amides is 2. The summed E-state index contributed by atoms with van der Waals surface area (Å²) in [5.74, 6) is 0.655. The van der Waals surface area contributed by atoms with Crippen molar-refractivity contribution in [3.63, 3.8) is 0 Å². The smallest absolute Gasteiger partial charge is 0.317 e. The van der Waals surface area contributed by atoms with Crippen molar-refractivity contribution >= 4 is 18.1 Å². The first-order chi connectivity index (χ1) is 12.2. The van der Waals surface area contributed by atoms with Crippen molar-refractivity contribution in [3.05, 3.63) is 30.4 Å². The van der Waals surface area contributed by atoms with E-state index in [9.17, 15) is 4.79 Å². The van der Waals surface area contributed by atoms with E-state index in [1.807, 2.05) is 0 Å². The molecule has 2 fully saturated rings. The van der Waals surface area contributed by atoms with Gasteiger partial charge in [-0.2, -0.15) is 5.26 Å². The molecular formula is C16H20N8O. The Morgan fingerprint density at radius 2 is 2.28 bits per heavy atom. The molecule has 130 valence electrons. The fourth-order valence-electron chi connectivity index (χ4n) is 2.78. The molecule has 2 saturated heterocycles. The number of carbonyl (C=O) groups excluding carboxylic acids is 1. The third-order valence-corrected chi connectivity index (χ3v) is 4.32. The lowest BCUT2D eigenvalue weighted by molar-refractivity contribution is 0.133. The Morgan fingerprint density at radius 3 is 2.96 bits per heavy atom. The molecule has 3 N–H and O–H groups in total. The maximum atomic E-state index is 12.2. The van der Waals surface area contributed by atoms with Gasteiger partial charge in [-0.05, 0) is 12.5 Å². The van der Waals surface area contributed by atoms with Crippen molar-refractivity contribution in [1.29, 1.82) is 5.26 Å². The summed E-state index contributed by atoms with van der Waals surface area (Å²) in [6.07, 6.45) is 10.9. The molecule has 0 saturated carbocycles. The van der Waals surface area contributed by atoms with E-state index >= 15 is 0 Å². The minimum Gasteiger partial charge on any atom is -0.402 e. The number of nitrogens with two attached hydrogens (primary N) is 1. The van der Waals surface area contributed by atoms with Gasteiger partial charge in [0.2, 0.25) is 0 Å². The van der Waals surface area contributed by atoms with Crippen molar-refractivity contribution in [1.82, 2.24) is 25.1 Å². The number of nitrogens with one attached hydrogen (secondary N) is 1. The van der Waals surface area contributed by atoms with Gasteiger partial charge in [0, 0.05) is 56.4 Å². The fraction of sp³-hybridized carbons (Fsp3) is 0.438. The lowest BCUT2D eigenvalue weighted by Gasteiger charge is -2.39. The molecular weight excluding hydrogens is 320 g/mol. The molecule has 0 radical (unpaired) electrons. The summed E-state index contributed by atoms with van der Waals surface area (Å²) in [4.78, 5) is 27.6. The van der Waals surface area contributed by atoms with E-state index in [1.54, 1.807) is 40.7 Å². The van der Waals surface area contributed by atoms with Crippen LogP contribution >= 0.6 is 0 Å². The molecule has 2 aliphatic heterocycles. The highest BCUT2D eigenvalue weighted by atomic mass is 16.2. The van der Waals surface area contributed by atoms with E-state index < -0.39 is 0 Å². The fourth-order valence-corrected chi connectivity index (χ4v) is 2.78. The Labute approximate surface area is 145 Å². The van der Waals surface area contributed by atoms with Crippen molar-refractivity contribution in [2.45, 2.75) is 12.5 Å². The van der Waals surface area contributed by atoms with Crippen molar-refractivity contribution in [2.75, 3.05) is 26.2 Å². The predicted molar refractivity (Wildman–Crippen MR) is 91.6 cm³/mol.